The van der Waals surface area contributed by atoms with Gasteiger partial charge in [0.1, 0.15) is 6.54 Å². The number of halogens is 1. The van der Waals surface area contributed by atoms with Crippen LogP contribution in [0.5, 0.6) is 0 Å². The van der Waals surface area contributed by atoms with Crippen molar-refractivity contribution in [2.75, 3.05) is 32.7 Å². The molecule has 1 aromatic rings. The van der Waals surface area contributed by atoms with Crippen LogP contribution in [0.3, 0.4) is 0 Å². The summed E-state index contributed by atoms with van der Waals surface area (Å²) in [6.45, 7) is 9.91. The van der Waals surface area contributed by atoms with Crippen molar-refractivity contribution in [3.63, 3.8) is 0 Å². The van der Waals surface area contributed by atoms with Crippen LogP contribution in [0.15, 0.2) is 30.3 Å². The summed E-state index contributed by atoms with van der Waals surface area (Å²) in [6, 6.07) is 7.35. The van der Waals surface area contributed by atoms with E-state index in [1.54, 1.807) is 12.1 Å². The molecule has 0 aromatic heterocycles. The van der Waals surface area contributed by atoms with Crippen molar-refractivity contribution in [1.82, 2.24) is 20.7 Å². The van der Waals surface area contributed by atoms with Crippen LogP contribution < -0.4 is 10.7 Å². The third-order valence-corrected chi connectivity index (χ3v) is 4.86. The van der Waals surface area contributed by atoms with Crippen LogP contribution in [0.25, 0.3) is 5.70 Å². The van der Waals surface area contributed by atoms with Gasteiger partial charge in [0, 0.05) is 24.5 Å². The minimum atomic E-state index is -0.167. The molecule has 1 unspecified atom stereocenters. The van der Waals surface area contributed by atoms with Gasteiger partial charge in [-0.3, -0.25) is 15.0 Å². The quantitative estimate of drug-likeness (QED) is 0.677. The average Bonchev–Trinajstić information content (AvgIpc) is 2.67. The number of hydrogen-bond acceptors (Lipinski definition) is 4. The van der Waals surface area contributed by atoms with Crippen molar-refractivity contribution < 1.29 is 9.59 Å². The smallest absolute Gasteiger partial charge is 0.245 e. The van der Waals surface area contributed by atoms with Gasteiger partial charge in [0.15, 0.2) is 0 Å². The van der Waals surface area contributed by atoms with E-state index in [-0.39, 0.29) is 24.8 Å². The fourth-order valence-electron chi connectivity index (χ4n) is 2.97. The molecule has 0 fully saturated rings. The number of nitrogens with zero attached hydrogens (tertiary/aromatic N) is 2. The molecule has 148 valence electrons. The van der Waals surface area contributed by atoms with Gasteiger partial charge in [-0.05, 0) is 42.8 Å². The first kappa shape index (κ1) is 21.3. The molecule has 6 nitrogen and oxygen atoms in total. The van der Waals surface area contributed by atoms with Crippen LogP contribution in [0.1, 0.15) is 32.8 Å². The highest BCUT2D eigenvalue weighted by atomic mass is 35.5. The second kappa shape index (κ2) is 10.3. The monoisotopic (exact) mass is 392 g/mol. The highest BCUT2D eigenvalue weighted by Gasteiger charge is 2.22. The zero-order chi connectivity index (χ0) is 19.8. The van der Waals surface area contributed by atoms with E-state index in [1.807, 2.05) is 18.2 Å². The summed E-state index contributed by atoms with van der Waals surface area (Å²) in [5.74, 6) is 0.0575. The fraction of sp³-hybridized carbons (Fsp3) is 0.500. The highest BCUT2D eigenvalue weighted by molar-refractivity contribution is 6.30. The maximum absolute atomic E-state index is 12.3. The first-order valence-corrected chi connectivity index (χ1v) is 9.82. The molecule has 0 aliphatic carbocycles. The molecule has 0 saturated heterocycles. The number of rotatable bonds is 9. The Morgan fingerprint density at radius 2 is 1.96 bits per heavy atom. The Morgan fingerprint density at radius 3 is 2.59 bits per heavy atom. The average molecular weight is 393 g/mol. The number of hydrazine groups is 1. The van der Waals surface area contributed by atoms with Gasteiger partial charge in [-0.25, -0.2) is 5.01 Å². The Bertz CT molecular complexity index is 671. The third-order valence-electron chi connectivity index (χ3n) is 4.61. The number of hydrogen-bond donors (Lipinski definition) is 2. The molecular weight excluding hydrogens is 364 g/mol. The van der Waals surface area contributed by atoms with Crippen LogP contribution in [0.4, 0.5) is 0 Å². The molecule has 27 heavy (non-hydrogen) atoms. The van der Waals surface area contributed by atoms with Gasteiger partial charge >= 0.3 is 0 Å². The zero-order valence-electron chi connectivity index (χ0n) is 16.3. The van der Waals surface area contributed by atoms with Gasteiger partial charge in [-0.15, -0.1) is 0 Å². The summed E-state index contributed by atoms with van der Waals surface area (Å²) >= 11 is 5.92. The Kier molecular flexibility index (Phi) is 8.13. The number of nitrogens with one attached hydrogen (secondary N) is 2. The molecule has 1 aliphatic heterocycles. The topological polar surface area (TPSA) is 64.7 Å². The molecule has 7 heteroatoms. The van der Waals surface area contributed by atoms with Gasteiger partial charge in [0.05, 0.1) is 5.70 Å². The molecule has 1 aliphatic rings. The van der Waals surface area contributed by atoms with Crippen molar-refractivity contribution in [2.45, 2.75) is 27.2 Å². The van der Waals surface area contributed by atoms with Crippen LogP contribution in [0, 0.1) is 5.92 Å². The standard InChI is InChI=1S/C20H29ClN4O2/c1-4-24(5-2)13-15(3)12-22-19(26)14-25-20(27)11-10-18(23-25)16-6-8-17(21)9-7-16/h6-10,15,23H,4-5,11-14H2,1-3H3,(H,22,26). The summed E-state index contributed by atoms with van der Waals surface area (Å²) in [7, 11) is 0. The van der Waals surface area contributed by atoms with Crippen molar-refractivity contribution in [3.05, 3.63) is 40.9 Å². The number of amides is 2. The predicted molar refractivity (Wildman–Crippen MR) is 109 cm³/mol. The van der Waals surface area contributed by atoms with E-state index in [1.165, 1.54) is 5.01 Å². The van der Waals surface area contributed by atoms with Crippen molar-refractivity contribution >= 4 is 29.1 Å². The van der Waals surface area contributed by atoms with Crippen molar-refractivity contribution in [2.24, 2.45) is 5.92 Å². The molecule has 1 heterocycles. The number of carbonyl (C=O) groups is 2. The molecule has 0 radical (unpaired) electrons. The van der Waals surface area contributed by atoms with E-state index in [4.69, 9.17) is 11.6 Å². The molecule has 0 bridgehead atoms. The minimum Gasteiger partial charge on any atom is -0.354 e. The lowest BCUT2D eigenvalue weighted by Gasteiger charge is -2.29. The van der Waals surface area contributed by atoms with E-state index in [0.29, 0.717) is 17.5 Å². The summed E-state index contributed by atoms with van der Waals surface area (Å²) in [5.41, 5.74) is 4.76. The predicted octanol–water partition coefficient (Wildman–Crippen LogP) is 2.51. The van der Waals surface area contributed by atoms with Crippen LogP contribution in [-0.4, -0.2) is 54.4 Å². The maximum atomic E-state index is 12.3. The van der Waals surface area contributed by atoms with Crippen molar-refractivity contribution in [1.29, 1.82) is 0 Å². The second-order valence-electron chi connectivity index (χ2n) is 6.82. The van der Waals surface area contributed by atoms with E-state index < -0.39 is 0 Å². The summed E-state index contributed by atoms with van der Waals surface area (Å²) in [6.07, 6.45) is 2.09. The third kappa shape index (κ3) is 6.56. The Hall–Kier alpha value is -2.05. The van der Waals surface area contributed by atoms with Crippen LogP contribution >= 0.6 is 11.6 Å². The van der Waals surface area contributed by atoms with E-state index in [9.17, 15) is 9.59 Å². The van der Waals surface area contributed by atoms with Gasteiger partial charge in [0.25, 0.3) is 0 Å². The molecule has 2 rings (SSSR count). The number of benzene rings is 1. The maximum Gasteiger partial charge on any atom is 0.245 e. The molecule has 1 aromatic carbocycles. The molecule has 0 saturated carbocycles. The SMILES string of the molecule is CCN(CC)CC(C)CNC(=O)CN1NC(c2ccc(Cl)cc2)=CCC1=O. The van der Waals surface area contributed by atoms with Crippen LogP contribution in [0.2, 0.25) is 5.02 Å². The Labute approximate surface area is 166 Å². The summed E-state index contributed by atoms with van der Waals surface area (Å²) < 4.78 is 0. The lowest BCUT2D eigenvalue weighted by Crippen LogP contribution is -2.50. The van der Waals surface area contributed by atoms with E-state index >= 15 is 0 Å². The summed E-state index contributed by atoms with van der Waals surface area (Å²) in [4.78, 5) is 26.7. The van der Waals surface area contributed by atoms with Crippen molar-refractivity contribution in [3.8, 4) is 0 Å². The number of carbonyl (C=O) groups excluding carboxylic acids is 2. The van der Waals surface area contributed by atoms with Gasteiger partial charge < -0.3 is 10.2 Å². The van der Waals surface area contributed by atoms with Gasteiger partial charge in [-0.1, -0.05) is 44.5 Å². The zero-order valence-corrected chi connectivity index (χ0v) is 17.1. The first-order chi connectivity index (χ1) is 12.9. The van der Waals surface area contributed by atoms with Crippen LogP contribution in [-0.2, 0) is 9.59 Å². The van der Waals surface area contributed by atoms with Gasteiger partial charge in [-0.2, -0.15) is 0 Å². The lowest BCUT2D eigenvalue weighted by atomic mass is 10.1. The molecule has 0 spiro atoms. The summed E-state index contributed by atoms with van der Waals surface area (Å²) in [5, 5.41) is 4.95. The lowest BCUT2D eigenvalue weighted by molar-refractivity contribution is -0.138. The van der Waals surface area contributed by atoms with E-state index in [2.05, 4.69) is 36.4 Å². The molecule has 1 atom stereocenters. The first-order valence-electron chi connectivity index (χ1n) is 9.45. The molecule has 2 N–H and O–H groups in total. The fourth-order valence-corrected chi connectivity index (χ4v) is 3.09. The molecule has 2 amide bonds. The minimum absolute atomic E-state index is 0.0121. The second-order valence-corrected chi connectivity index (χ2v) is 7.25. The normalized spacial score (nSPS) is 15.4. The Morgan fingerprint density at radius 1 is 1.30 bits per heavy atom. The highest BCUT2D eigenvalue weighted by Crippen LogP contribution is 2.19. The Balaban J connectivity index is 1.85. The van der Waals surface area contributed by atoms with E-state index in [0.717, 1.165) is 30.9 Å². The largest absolute Gasteiger partial charge is 0.354 e. The molecular formula is C20H29ClN4O2. The van der Waals surface area contributed by atoms with Gasteiger partial charge in [0.2, 0.25) is 11.8 Å².